The van der Waals surface area contributed by atoms with Gasteiger partial charge < -0.3 is 20.7 Å². The van der Waals surface area contributed by atoms with Gasteiger partial charge in [0.15, 0.2) is 0 Å². The van der Waals surface area contributed by atoms with Gasteiger partial charge >= 0.3 is 0 Å². The lowest BCUT2D eigenvalue weighted by Crippen LogP contribution is -2.09. The molecule has 10 heteroatoms. The second-order valence-corrected chi connectivity index (χ2v) is 9.84. The van der Waals surface area contributed by atoms with E-state index in [4.69, 9.17) is 4.74 Å². The maximum absolute atomic E-state index is 11.6. The van der Waals surface area contributed by atoms with Crippen LogP contribution in [-0.2, 0) is 14.6 Å². The fourth-order valence-electron chi connectivity index (χ4n) is 2.95. The molecule has 3 N–H and O–H groups in total. The molecule has 1 amide bonds. The molecule has 1 aromatic heterocycles. The monoisotopic (exact) mass is 481 g/mol. The predicted molar refractivity (Wildman–Crippen MR) is 135 cm³/mol. The number of aryl methyl sites for hydroxylation is 1. The Kier molecular flexibility index (Phi) is 8.20. The lowest BCUT2D eigenvalue weighted by Gasteiger charge is -2.14. The number of ether oxygens (including phenoxy) is 1. The van der Waals surface area contributed by atoms with Crippen molar-refractivity contribution in [2.75, 3.05) is 34.6 Å². The quantitative estimate of drug-likeness (QED) is 0.275. The second kappa shape index (κ2) is 11.3. The van der Waals surface area contributed by atoms with Crippen molar-refractivity contribution in [2.45, 2.75) is 13.3 Å². The van der Waals surface area contributed by atoms with Crippen LogP contribution in [0.5, 0.6) is 5.75 Å². The van der Waals surface area contributed by atoms with Crippen LogP contribution in [0.3, 0.4) is 0 Å². The van der Waals surface area contributed by atoms with Crippen molar-refractivity contribution < 1.29 is 17.9 Å². The fraction of sp³-hybridized carbons (Fsp3) is 0.208. The van der Waals surface area contributed by atoms with E-state index in [2.05, 4.69) is 32.5 Å². The van der Waals surface area contributed by atoms with E-state index in [1.807, 2.05) is 37.3 Å². The summed E-state index contributed by atoms with van der Waals surface area (Å²) in [6.45, 7) is 5.61. The first-order valence-electron chi connectivity index (χ1n) is 10.5. The molecule has 0 saturated heterocycles. The molecule has 0 aliphatic carbocycles. The summed E-state index contributed by atoms with van der Waals surface area (Å²) in [5.74, 6) is 1.30. The van der Waals surface area contributed by atoms with Crippen molar-refractivity contribution in [3.8, 4) is 5.75 Å². The number of carbonyl (C=O) groups excluding carboxylic acids is 1. The van der Waals surface area contributed by atoms with Crippen LogP contribution in [0.1, 0.15) is 12.0 Å². The van der Waals surface area contributed by atoms with Gasteiger partial charge in [0.25, 0.3) is 0 Å². The zero-order valence-corrected chi connectivity index (χ0v) is 19.9. The Morgan fingerprint density at radius 3 is 2.65 bits per heavy atom. The number of benzene rings is 2. The number of sulfone groups is 1. The highest BCUT2D eigenvalue weighted by atomic mass is 32.2. The van der Waals surface area contributed by atoms with E-state index in [1.54, 1.807) is 24.4 Å². The molecule has 0 aliphatic heterocycles. The summed E-state index contributed by atoms with van der Waals surface area (Å²) in [5.41, 5.74) is 2.85. The number of nitrogens with one attached hydrogen (secondary N) is 3. The Balaban J connectivity index is 1.72. The maximum Gasteiger partial charge on any atom is 0.247 e. The molecule has 0 bridgehead atoms. The lowest BCUT2D eigenvalue weighted by atomic mass is 10.2. The van der Waals surface area contributed by atoms with E-state index >= 15 is 0 Å². The zero-order chi connectivity index (χ0) is 24.6. The van der Waals surface area contributed by atoms with Crippen LogP contribution >= 0.6 is 0 Å². The normalized spacial score (nSPS) is 10.9. The lowest BCUT2D eigenvalue weighted by molar-refractivity contribution is -0.111. The highest BCUT2D eigenvalue weighted by molar-refractivity contribution is 7.90. The number of carbonyl (C=O) groups is 1. The van der Waals surface area contributed by atoms with E-state index in [-0.39, 0.29) is 18.3 Å². The Bertz CT molecular complexity index is 1280. The summed E-state index contributed by atoms with van der Waals surface area (Å²) in [6.07, 6.45) is 4.50. The number of hydrogen-bond acceptors (Lipinski definition) is 8. The summed E-state index contributed by atoms with van der Waals surface area (Å²) in [5, 5.41) is 9.12. The summed E-state index contributed by atoms with van der Waals surface area (Å²) in [4.78, 5) is 20.5. The first-order valence-corrected chi connectivity index (χ1v) is 12.6. The Labute approximate surface area is 199 Å². The van der Waals surface area contributed by atoms with Gasteiger partial charge in [-0.25, -0.2) is 13.4 Å². The molecule has 0 radical (unpaired) electrons. The second-order valence-electron chi connectivity index (χ2n) is 7.58. The molecule has 9 nitrogen and oxygen atoms in total. The third kappa shape index (κ3) is 7.59. The molecular formula is C24H27N5O4S. The molecule has 34 heavy (non-hydrogen) atoms. The number of nitrogens with zero attached hydrogens (tertiary/aromatic N) is 2. The highest BCUT2D eigenvalue weighted by Gasteiger charge is 2.10. The highest BCUT2D eigenvalue weighted by Crippen LogP contribution is 2.28. The SMILES string of the molecule is C=CC(=O)Nc1cccc(Nc2nc(Nc3ccccc3OCCCS(C)(=O)=O)ncc2C)c1. The van der Waals surface area contributed by atoms with Gasteiger partial charge in [0, 0.05) is 29.4 Å². The minimum Gasteiger partial charge on any atom is -0.491 e. The standard InChI is InChI=1S/C24H27N5O4S/c1-4-22(30)26-18-9-7-10-19(15-18)27-23-17(2)16-25-24(29-23)28-20-11-5-6-12-21(20)33-13-8-14-34(3,31)32/h4-7,9-12,15-16H,1,8,13-14H2,2-3H3,(H,26,30)(H2,25,27,28,29). The maximum atomic E-state index is 11.6. The number of para-hydroxylation sites is 2. The number of amides is 1. The minimum absolute atomic E-state index is 0.0666. The zero-order valence-electron chi connectivity index (χ0n) is 19.0. The molecule has 0 spiro atoms. The van der Waals surface area contributed by atoms with Crippen LogP contribution in [0.25, 0.3) is 0 Å². The minimum atomic E-state index is -3.03. The molecule has 3 rings (SSSR count). The van der Waals surface area contributed by atoms with E-state index < -0.39 is 9.84 Å². The van der Waals surface area contributed by atoms with Crippen LogP contribution < -0.4 is 20.7 Å². The van der Waals surface area contributed by atoms with Gasteiger partial charge in [-0.15, -0.1) is 0 Å². The third-order valence-corrected chi connectivity index (χ3v) is 5.63. The van der Waals surface area contributed by atoms with Crippen molar-refractivity contribution in [3.05, 3.63) is 72.9 Å². The number of anilines is 5. The molecule has 1 heterocycles. The van der Waals surface area contributed by atoms with Gasteiger partial charge in [-0.05, 0) is 49.8 Å². The van der Waals surface area contributed by atoms with Crippen LogP contribution in [-0.4, -0.2) is 42.9 Å². The van der Waals surface area contributed by atoms with Crippen molar-refractivity contribution in [3.63, 3.8) is 0 Å². The van der Waals surface area contributed by atoms with Gasteiger partial charge in [-0.2, -0.15) is 4.98 Å². The number of aromatic nitrogens is 2. The molecule has 178 valence electrons. The molecule has 2 aromatic carbocycles. The number of hydrogen-bond donors (Lipinski definition) is 3. The smallest absolute Gasteiger partial charge is 0.247 e. The molecule has 0 unspecified atom stereocenters. The molecule has 0 fully saturated rings. The summed E-state index contributed by atoms with van der Waals surface area (Å²) in [7, 11) is -3.03. The molecule has 0 aliphatic rings. The van der Waals surface area contributed by atoms with Crippen molar-refractivity contribution in [1.82, 2.24) is 9.97 Å². The van der Waals surface area contributed by atoms with Crippen molar-refractivity contribution >= 4 is 44.6 Å². The van der Waals surface area contributed by atoms with E-state index in [0.29, 0.717) is 35.3 Å². The Morgan fingerprint density at radius 1 is 1.12 bits per heavy atom. The topological polar surface area (TPSA) is 122 Å². The van der Waals surface area contributed by atoms with Gasteiger partial charge in [0.05, 0.1) is 18.0 Å². The number of rotatable bonds is 11. The predicted octanol–water partition coefficient (Wildman–Crippen LogP) is 4.21. The van der Waals surface area contributed by atoms with Gasteiger partial charge in [-0.1, -0.05) is 24.8 Å². The van der Waals surface area contributed by atoms with Crippen LogP contribution in [0, 0.1) is 6.92 Å². The summed E-state index contributed by atoms with van der Waals surface area (Å²) >= 11 is 0. The largest absolute Gasteiger partial charge is 0.491 e. The summed E-state index contributed by atoms with van der Waals surface area (Å²) < 4.78 is 28.4. The van der Waals surface area contributed by atoms with E-state index in [1.165, 1.54) is 12.3 Å². The van der Waals surface area contributed by atoms with E-state index in [9.17, 15) is 13.2 Å². The molecule has 0 saturated carbocycles. The van der Waals surface area contributed by atoms with Gasteiger partial charge in [-0.3, -0.25) is 4.79 Å². The van der Waals surface area contributed by atoms with Crippen molar-refractivity contribution in [1.29, 1.82) is 0 Å². The first kappa shape index (κ1) is 24.7. The molecule has 0 atom stereocenters. The Hall–Kier alpha value is -3.92. The van der Waals surface area contributed by atoms with Crippen LogP contribution in [0.2, 0.25) is 0 Å². The van der Waals surface area contributed by atoms with Crippen molar-refractivity contribution in [2.24, 2.45) is 0 Å². The summed E-state index contributed by atoms with van der Waals surface area (Å²) in [6, 6.07) is 14.5. The van der Waals surface area contributed by atoms with Crippen LogP contribution in [0.4, 0.5) is 28.8 Å². The van der Waals surface area contributed by atoms with Gasteiger partial charge in [0.1, 0.15) is 21.4 Å². The first-order chi connectivity index (χ1) is 16.2. The van der Waals surface area contributed by atoms with E-state index in [0.717, 1.165) is 11.3 Å². The Morgan fingerprint density at radius 2 is 1.88 bits per heavy atom. The third-order valence-electron chi connectivity index (χ3n) is 4.60. The fourth-order valence-corrected chi connectivity index (χ4v) is 3.60. The average Bonchev–Trinajstić information content (AvgIpc) is 2.79. The average molecular weight is 482 g/mol. The molecule has 3 aromatic rings. The van der Waals surface area contributed by atoms with Gasteiger partial charge in [0.2, 0.25) is 11.9 Å². The van der Waals surface area contributed by atoms with Crippen LogP contribution in [0.15, 0.2) is 67.4 Å². The molecular weight excluding hydrogens is 454 g/mol.